The zero-order chi connectivity index (χ0) is 12.6. The number of rotatable bonds is 2. The molecule has 2 heterocycles. The van der Waals surface area contributed by atoms with Gasteiger partial charge in [-0.15, -0.1) is 11.3 Å². The Bertz CT molecular complexity index is 707. The van der Waals surface area contributed by atoms with Crippen LogP contribution < -0.4 is 16.7 Å². The van der Waals surface area contributed by atoms with E-state index in [1.807, 2.05) is 0 Å². The molecule has 0 radical (unpaired) electrons. The third-order valence-corrected chi connectivity index (χ3v) is 3.61. The van der Waals surface area contributed by atoms with Crippen LogP contribution in [-0.4, -0.2) is 22.4 Å². The van der Waals surface area contributed by atoms with Crippen LogP contribution >= 0.6 is 11.3 Å². The quantitative estimate of drug-likeness (QED) is 0.597. The molecule has 90 valence electrons. The minimum atomic E-state index is -0.318. The van der Waals surface area contributed by atoms with Crippen LogP contribution in [0.4, 0.5) is 0 Å². The van der Waals surface area contributed by atoms with Gasteiger partial charge in [-0.2, -0.15) is 5.10 Å². The summed E-state index contributed by atoms with van der Waals surface area (Å²) >= 11 is 1.36. The molecule has 6 nitrogen and oxygen atoms in total. The molecule has 0 spiro atoms. The number of aryl methyl sites for hydroxylation is 1. The van der Waals surface area contributed by atoms with E-state index >= 15 is 0 Å². The highest BCUT2D eigenvalue weighted by molar-refractivity contribution is 7.20. The van der Waals surface area contributed by atoms with E-state index in [0.29, 0.717) is 10.2 Å². The van der Waals surface area contributed by atoms with Crippen LogP contribution in [0.15, 0.2) is 20.8 Å². The summed E-state index contributed by atoms with van der Waals surface area (Å²) in [5.41, 5.74) is 2.04. The standard InChI is InChI=1S/C10H12N4O2S/c1-11-12-5-6-4-7-8(15)13(2)10(16)14(3)9(7)17-6/h4-5,11H,1-3H3/b12-5+. The Kier molecular flexibility index (Phi) is 2.84. The first-order chi connectivity index (χ1) is 8.06. The summed E-state index contributed by atoms with van der Waals surface area (Å²) in [7, 11) is 4.82. The molecule has 0 aromatic carbocycles. The summed E-state index contributed by atoms with van der Waals surface area (Å²) in [6, 6.07) is 1.74. The first-order valence-corrected chi connectivity index (χ1v) is 5.77. The maximum absolute atomic E-state index is 11.9. The molecular formula is C10H12N4O2S. The van der Waals surface area contributed by atoms with Crippen LogP contribution in [0.25, 0.3) is 10.2 Å². The Morgan fingerprint density at radius 1 is 1.35 bits per heavy atom. The number of fused-ring (bicyclic) bond motifs is 1. The zero-order valence-electron chi connectivity index (χ0n) is 9.72. The third kappa shape index (κ3) is 1.78. The molecule has 0 amide bonds. The molecule has 0 saturated carbocycles. The summed E-state index contributed by atoms with van der Waals surface area (Å²) in [4.78, 5) is 25.1. The summed E-state index contributed by atoms with van der Waals surface area (Å²) < 4.78 is 2.58. The lowest BCUT2D eigenvalue weighted by Crippen LogP contribution is -2.36. The van der Waals surface area contributed by atoms with Crippen molar-refractivity contribution in [2.75, 3.05) is 7.05 Å². The first-order valence-electron chi connectivity index (χ1n) is 4.95. The van der Waals surface area contributed by atoms with Crippen molar-refractivity contribution in [3.05, 3.63) is 31.8 Å². The molecule has 0 saturated heterocycles. The molecular weight excluding hydrogens is 240 g/mol. The monoisotopic (exact) mass is 252 g/mol. The summed E-state index contributed by atoms with van der Waals surface area (Å²) in [6.07, 6.45) is 1.62. The van der Waals surface area contributed by atoms with E-state index in [-0.39, 0.29) is 11.2 Å². The van der Waals surface area contributed by atoms with Gasteiger partial charge < -0.3 is 5.43 Å². The number of aromatic nitrogens is 2. The fourth-order valence-electron chi connectivity index (χ4n) is 1.57. The van der Waals surface area contributed by atoms with Gasteiger partial charge in [0.2, 0.25) is 0 Å². The van der Waals surface area contributed by atoms with Crippen molar-refractivity contribution in [3.8, 4) is 0 Å². The van der Waals surface area contributed by atoms with E-state index in [1.54, 1.807) is 26.4 Å². The number of nitrogens with one attached hydrogen (secondary N) is 1. The lowest BCUT2D eigenvalue weighted by Gasteiger charge is -2.01. The molecule has 7 heteroatoms. The second kappa shape index (κ2) is 4.17. The average molecular weight is 252 g/mol. The van der Waals surface area contributed by atoms with E-state index in [1.165, 1.54) is 23.0 Å². The number of nitrogens with zero attached hydrogens (tertiary/aromatic N) is 3. The molecule has 2 aromatic heterocycles. The average Bonchev–Trinajstić information content (AvgIpc) is 2.75. The van der Waals surface area contributed by atoms with Gasteiger partial charge in [-0.25, -0.2) is 4.79 Å². The third-order valence-electron chi connectivity index (χ3n) is 2.47. The van der Waals surface area contributed by atoms with E-state index in [9.17, 15) is 9.59 Å². The molecule has 0 aliphatic heterocycles. The predicted molar refractivity (Wildman–Crippen MR) is 69.0 cm³/mol. The molecule has 0 fully saturated rings. The molecule has 0 bridgehead atoms. The number of hydrogen-bond donors (Lipinski definition) is 1. The van der Waals surface area contributed by atoms with E-state index in [0.717, 1.165) is 9.44 Å². The molecule has 17 heavy (non-hydrogen) atoms. The normalized spacial score (nSPS) is 11.5. The van der Waals surface area contributed by atoms with Gasteiger partial charge in [0.1, 0.15) is 4.83 Å². The minimum absolute atomic E-state index is 0.275. The summed E-state index contributed by atoms with van der Waals surface area (Å²) in [6.45, 7) is 0. The van der Waals surface area contributed by atoms with Gasteiger partial charge in [-0.1, -0.05) is 0 Å². The van der Waals surface area contributed by atoms with Gasteiger partial charge in [-0.3, -0.25) is 13.9 Å². The predicted octanol–water partition coefficient (Wildman–Crippen LogP) is -0.148. The molecule has 0 aliphatic carbocycles. The fraction of sp³-hybridized carbons (Fsp3) is 0.300. The van der Waals surface area contributed by atoms with Crippen LogP contribution in [0, 0.1) is 0 Å². The van der Waals surface area contributed by atoms with Crippen molar-refractivity contribution in [2.45, 2.75) is 0 Å². The largest absolute Gasteiger partial charge is 0.331 e. The molecule has 2 rings (SSSR count). The highest BCUT2D eigenvalue weighted by atomic mass is 32.1. The van der Waals surface area contributed by atoms with Gasteiger partial charge in [0.25, 0.3) is 5.56 Å². The minimum Gasteiger partial charge on any atom is -0.313 e. The Morgan fingerprint density at radius 2 is 2.06 bits per heavy atom. The van der Waals surface area contributed by atoms with Crippen molar-refractivity contribution in [1.82, 2.24) is 14.6 Å². The van der Waals surface area contributed by atoms with Gasteiger partial charge in [0.05, 0.1) is 16.5 Å². The topological polar surface area (TPSA) is 68.4 Å². The second-order valence-electron chi connectivity index (χ2n) is 3.56. The second-order valence-corrected chi connectivity index (χ2v) is 4.62. The van der Waals surface area contributed by atoms with Crippen LogP contribution in [0.5, 0.6) is 0 Å². The molecule has 0 aliphatic rings. The molecule has 0 unspecified atom stereocenters. The smallest absolute Gasteiger partial charge is 0.313 e. The Hall–Kier alpha value is -1.89. The van der Waals surface area contributed by atoms with Crippen LogP contribution in [0.3, 0.4) is 0 Å². The first kappa shape index (κ1) is 11.6. The van der Waals surface area contributed by atoms with E-state index in [2.05, 4.69) is 10.5 Å². The van der Waals surface area contributed by atoms with Crippen LogP contribution in [0.2, 0.25) is 0 Å². The van der Waals surface area contributed by atoms with Crippen molar-refractivity contribution >= 4 is 27.8 Å². The lowest BCUT2D eigenvalue weighted by molar-refractivity contribution is 0.717. The Balaban J connectivity index is 2.82. The highest BCUT2D eigenvalue weighted by Crippen LogP contribution is 2.19. The fourth-order valence-corrected chi connectivity index (χ4v) is 2.55. The maximum atomic E-state index is 11.9. The zero-order valence-corrected chi connectivity index (χ0v) is 10.5. The van der Waals surface area contributed by atoms with Gasteiger partial charge in [0.15, 0.2) is 0 Å². The van der Waals surface area contributed by atoms with Gasteiger partial charge >= 0.3 is 5.69 Å². The van der Waals surface area contributed by atoms with E-state index < -0.39 is 0 Å². The van der Waals surface area contributed by atoms with Crippen molar-refractivity contribution < 1.29 is 0 Å². The Morgan fingerprint density at radius 3 is 2.71 bits per heavy atom. The number of hydrazone groups is 1. The van der Waals surface area contributed by atoms with Crippen LogP contribution in [0.1, 0.15) is 4.88 Å². The van der Waals surface area contributed by atoms with Gasteiger partial charge in [0, 0.05) is 21.1 Å². The highest BCUT2D eigenvalue weighted by Gasteiger charge is 2.11. The van der Waals surface area contributed by atoms with E-state index in [4.69, 9.17) is 0 Å². The van der Waals surface area contributed by atoms with Gasteiger partial charge in [-0.05, 0) is 6.07 Å². The summed E-state index contributed by atoms with van der Waals surface area (Å²) in [5.74, 6) is 0. The van der Waals surface area contributed by atoms with Crippen molar-refractivity contribution in [2.24, 2.45) is 19.2 Å². The molecule has 0 atom stereocenters. The molecule has 1 N–H and O–H groups in total. The Labute approximate surface area is 101 Å². The maximum Gasteiger partial charge on any atom is 0.331 e. The number of thiophene rings is 1. The lowest BCUT2D eigenvalue weighted by atomic mass is 10.3. The SMILES string of the molecule is CN/N=C/c1cc2c(=O)n(C)c(=O)n(C)c2s1. The summed E-state index contributed by atoms with van der Waals surface area (Å²) in [5, 5.41) is 4.42. The number of hydrogen-bond acceptors (Lipinski definition) is 5. The van der Waals surface area contributed by atoms with Crippen molar-refractivity contribution in [1.29, 1.82) is 0 Å². The molecule has 2 aromatic rings. The van der Waals surface area contributed by atoms with Crippen LogP contribution in [-0.2, 0) is 14.1 Å². The van der Waals surface area contributed by atoms with Crippen molar-refractivity contribution in [3.63, 3.8) is 0 Å².